The van der Waals surface area contributed by atoms with E-state index in [4.69, 9.17) is 4.74 Å². The van der Waals surface area contributed by atoms with Gasteiger partial charge in [0.2, 0.25) is 0 Å². The smallest absolute Gasteiger partial charge is 0.313 e. The van der Waals surface area contributed by atoms with Crippen molar-refractivity contribution < 1.29 is 9.53 Å². The van der Waals surface area contributed by atoms with Crippen molar-refractivity contribution in [1.29, 1.82) is 0 Å². The number of hydrogen-bond acceptors (Lipinski definition) is 2. The zero-order chi connectivity index (χ0) is 13.9. The largest absolute Gasteiger partial charge is 0.469 e. The third-order valence-electron chi connectivity index (χ3n) is 3.84. The summed E-state index contributed by atoms with van der Waals surface area (Å²) < 4.78 is 4.97. The number of esters is 1. The molecule has 0 aliphatic rings. The second kappa shape index (κ2) is 6.03. The molecule has 0 bridgehead atoms. The molecule has 0 spiro atoms. The number of carbonyl (C=O) groups is 1. The average molecular weight is 248 g/mol. The molecule has 0 aliphatic heterocycles. The van der Waals surface area contributed by atoms with Crippen LogP contribution in [0.3, 0.4) is 0 Å². The number of ether oxygens (including phenoxy) is 1. The van der Waals surface area contributed by atoms with E-state index in [1.165, 1.54) is 34.9 Å². The Bertz CT molecular complexity index is 421. The van der Waals surface area contributed by atoms with Gasteiger partial charge in [-0.25, -0.2) is 0 Å². The molecule has 1 rings (SSSR count). The van der Waals surface area contributed by atoms with Gasteiger partial charge in [0, 0.05) is 0 Å². The lowest BCUT2D eigenvalue weighted by Crippen LogP contribution is -2.17. The van der Waals surface area contributed by atoms with Gasteiger partial charge in [-0.05, 0) is 61.9 Å². The maximum atomic E-state index is 12.0. The molecule has 0 heterocycles. The third kappa shape index (κ3) is 2.74. The molecular formula is C16H24O2. The van der Waals surface area contributed by atoms with Gasteiger partial charge in [-0.3, -0.25) is 4.79 Å². The molecule has 0 aromatic heterocycles. The average Bonchev–Trinajstić information content (AvgIpc) is 2.34. The van der Waals surface area contributed by atoms with Gasteiger partial charge in [-0.2, -0.15) is 0 Å². The Kier molecular flexibility index (Phi) is 4.94. The summed E-state index contributed by atoms with van der Waals surface area (Å²) in [7, 11) is 1.47. The van der Waals surface area contributed by atoms with Crippen LogP contribution in [0.4, 0.5) is 0 Å². The Morgan fingerprint density at radius 1 is 1.17 bits per heavy atom. The molecule has 0 radical (unpaired) electrons. The molecular weight excluding hydrogens is 224 g/mol. The van der Waals surface area contributed by atoms with Crippen LogP contribution in [-0.2, 0) is 9.53 Å². The van der Waals surface area contributed by atoms with Crippen LogP contribution < -0.4 is 0 Å². The summed E-state index contributed by atoms with van der Waals surface area (Å²) in [5.41, 5.74) is 6.11. The number of benzene rings is 1. The van der Waals surface area contributed by atoms with E-state index in [9.17, 15) is 4.79 Å². The standard InChI is InChI=1S/C16H24O2/c1-7-8-14(16(17)18-6)15-12(4)10(2)9-11(3)13(15)5/h9,14H,7-8H2,1-6H3. The maximum Gasteiger partial charge on any atom is 0.313 e. The van der Waals surface area contributed by atoms with E-state index in [-0.39, 0.29) is 11.9 Å². The summed E-state index contributed by atoms with van der Waals surface area (Å²) in [6.07, 6.45) is 1.82. The predicted octanol–water partition coefficient (Wildman–Crippen LogP) is 3.98. The van der Waals surface area contributed by atoms with Crippen molar-refractivity contribution in [2.24, 2.45) is 0 Å². The van der Waals surface area contributed by atoms with Gasteiger partial charge in [0.25, 0.3) is 0 Å². The van der Waals surface area contributed by atoms with E-state index in [2.05, 4.69) is 40.7 Å². The molecule has 1 atom stereocenters. The molecule has 2 heteroatoms. The monoisotopic (exact) mass is 248 g/mol. The number of aryl methyl sites for hydroxylation is 2. The number of rotatable bonds is 4. The van der Waals surface area contributed by atoms with Gasteiger partial charge in [0.15, 0.2) is 0 Å². The van der Waals surface area contributed by atoms with Crippen molar-refractivity contribution in [2.45, 2.75) is 53.4 Å². The highest BCUT2D eigenvalue weighted by Crippen LogP contribution is 2.32. The zero-order valence-electron chi connectivity index (χ0n) is 12.4. The van der Waals surface area contributed by atoms with E-state index in [1.807, 2.05) is 0 Å². The lowest BCUT2D eigenvalue weighted by molar-refractivity contribution is -0.142. The van der Waals surface area contributed by atoms with Gasteiger partial charge in [0.1, 0.15) is 0 Å². The highest BCUT2D eigenvalue weighted by molar-refractivity contribution is 5.79. The van der Waals surface area contributed by atoms with Crippen LogP contribution in [0.15, 0.2) is 6.07 Å². The first-order valence-electron chi connectivity index (χ1n) is 6.59. The van der Waals surface area contributed by atoms with Gasteiger partial charge in [-0.15, -0.1) is 0 Å². The summed E-state index contributed by atoms with van der Waals surface area (Å²) in [6, 6.07) is 2.19. The second-order valence-electron chi connectivity index (χ2n) is 5.04. The Morgan fingerprint density at radius 3 is 2.06 bits per heavy atom. The summed E-state index contributed by atoms with van der Waals surface area (Å²) in [5.74, 6) is -0.244. The van der Waals surface area contributed by atoms with Crippen LogP contribution in [0.2, 0.25) is 0 Å². The lowest BCUT2D eigenvalue weighted by atomic mass is 9.84. The van der Waals surface area contributed by atoms with Crippen molar-refractivity contribution in [1.82, 2.24) is 0 Å². The first kappa shape index (κ1) is 14.7. The van der Waals surface area contributed by atoms with Crippen molar-refractivity contribution in [3.8, 4) is 0 Å². The van der Waals surface area contributed by atoms with Crippen LogP contribution in [-0.4, -0.2) is 13.1 Å². The maximum absolute atomic E-state index is 12.0. The fourth-order valence-electron chi connectivity index (χ4n) is 2.58. The van der Waals surface area contributed by atoms with E-state index in [0.717, 1.165) is 12.8 Å². The minimum absolute atomic E-state index is 0.118. The minimum Gasteiger partial charge on any atom is -0.469 e. The Labute approximate surface area is 110 Å². The summed E-state index contributed by atoms with van der Waals surface area (Å²) >= 11 is 0. The number of methoxy groups -OCH3 is 1. The van der Waals surface area contributed by atoms with Gasteiger partial charge in [-0.1, -0.05) is 19.4 Å². The van der Waals surface area contributed by atoms with Gasteiger partial charge >= 0.3 is 5.97 Å². The topological polar surface area (TPSA) is 26.3 Å². The SMILES string of the molecule is CCCC(C(=O)OC)c1c(C)c(C)cc(C)c1C. The van der Waals surface area contributed by atoms with Crippen LogP contribution in [0.1, 0.15) is 53.5 Å². The molecule has 1 aromatic rings. The highest BCUT2D eigenvalue weighted by Gasteiger charge is 2.25. The fourth-order valence-corrected chi connectivity index (χ4v) is 2.58. The molecule has 0 fully saturated rings. The first-order valence-corrected chi connectivity index (χ1v) is 6.59. The van der Waals surface area contributed by atoms with E-state index < -0.39 is 0 Å². The van der Waals surface area contributed by atoms with E-state index >= 15 is 0 Å². The number of hydrogen-bond donors (Lipinski definition) is 0. The Hall–Kier alpha value is -1.31. The second-order valence-corrected chi connectivity index (χ2v) is 5.04. The van der Waals surface area contributed by atoms with Crippen LogP contribution in [0.25, 0.3) is 0 Å². The van der Waals surface area contributed by atoms with Gasteiger partial charge in [0.05, 0.1) is 13.0 Å². The molecule has 1 unspecified atom stereocenters. The highest BCUT2D eigenvalue weighted by atomic mass is 16.5. The summed E-state index contributed by atoms with van der Waals surface area (Å²) in [4.78, 5) is 12.0. The van der Waals surface area contributed by atoms with Crippen LogP contribution in [0.5, 0.6) is 0 Å². The molecule has 18 heavy (non-hydrogen) atoms. The van der Waals surface area contributed by atoms with Crippen LogP contribution >= 0.6 is 0 Å². The first-order chi connectivity index (χ1) is 8.43. The molecule has 2 nitrogen and oxygen atoms in total. The number of carbonyl (C=O) groups excluding carboxylic acids is 1. The summed E-state index contributed by atoms with van der Waals surface area (Å²) in [5, 5.41) is 0. The van der Waals surface area contributed by atoms with Crippen molar-refractivity contribution >= 4 is 5.97 Å². The zero-order valence-corrected chi connectivity index (χ0v) is 12.4. The predicted molar refractivity (Wildman–Crippen MR) is 75.1 cm³/mol. The molecule has 0 N–H and O–H groups in total. The quantitative estimate of drug-likeness (QED) is 0.753. The van der Waals surface area contributed by atoms with Crippen molar-refractivity contribution in [3.63, 3.8) is 0 Å². The van der Waals surface area contributed by atoms with Crippen LogP contribution in [0, 0.1) is 27.7 Å². The molecule has 1 aromatic carbocycles. The summed E-state index contributed by atoms with van der Waals surface area (Å²) in [6.45, 7) is 10.5. The minimum atomic E-state index is -0.126. The fraction of sp³-hybridized carbons (Fsp3) is 0.562. The lowest BCUT2D eigenvalue weighted by Gasteiger charge is -2.22. The molecule has 0 saturated carbocycles. The van der Waals surface area contributed by atoms with E-state index in [0.29, 0.717) is 0 Å². The van der Waals surface area contributed by atoms with Crippen molar-refractivity contribution in [2.75, 3.05) is 7.11 Å². The van der Waals surface area contributed by atoms with Crippen molar-refractivity contribution in [3.05, 3.63) is 33.9 Å². The van der Waals surface area contributed by atoms with Gasteiger partial charge < -0.3 is 4.74 Å². The molecule has 0 amide bonds. The Balaban J connectivity index is 3.39. The van der Waals surface area contributed by atoms with E-state index in [1.54, 1.807) is 0 Å². The molecule has 0 aliphatic carbocycles. The Morgan fingerprint density at radius 2 is 1.67 bits per heavy atom. The third-order valence-corrected chi connectivity index (χ3v) is 3.84. The normalized spacial score (nSPS) is 12.3. The molecule has 100 valence electrons. The molecule has 0 saturated heterocycles.